The summed E-state index contributed by atoms with van der Waals surface area (Å²) >= 11 is 0. The first-order valence-corrected chi connectivity index (χ1v) is 14.7. The Labute approximate surface area is 250 Å². The van der Waals surface area contributed by atoms with E-state index < -0.39 is 11.0 Å². The predicted octanol–water partition coefficient (Wildman–Crippen LogP) is 7.36. The summed E-state index contributed by atoms with van der Waals surface area (Å²) in [5, 5.41) is 7.87. The van der Waals surface area contributed by atoms with Crippen molar-refractivity contribution < 1.29 is 9.15 Å². The molecule has 0 saturated heterocycles. The van der Waals surface area contributed by atoms with Gasteiger partial charge in [-0.15, -0.1) is 0 Å². The van der Waals surface area contributed by atoms with Gasteiger partial charge in [-0.3, -0.25) is 5.10 Å². The molecule has 0 radical (unpaired) electrons. The van der Waals surface area contributed by atoms with E-state index in [0.717, 1.165) is 5.69 Å². The summed E-state index contributed by atoms with van der Waals surface area (Å²) < 4.78 is 4.26. The summed E-state index contributed by atoms with van der Waals surface area (Å²) in [6.07, 6.45) is 6.09. The Morgan fingerprint density at radius 3 is 1.65 bits per heavy atom. The van der Waals surface area contributed by atoms with Gasteiger partial charge in [0.2, 0.25) is 12.4 Å². The molecule has 4 nitrogen and oxygen atoms in total. The highest BCUT2D eigenvalue weighted by molar-refractivity contribution is 5.86. The monoisotopic (exact) mass is 552 g/mol. The first-order chi connectivity index (χ1) is 21.2. The van der Waals surface area contributed by atoms with Crippen LogP contribution in [0.3, 0.4) is 0 Å². The van der Waals surface area contributed by atoms with Crippen molar-refractivity contribution in [1.29, 1.82) is 0 Å². The van der Waals surface area contributed by atoms with Crippen LogP contribution in [0.25, 0.3) is 22.3 Å². The highest BCUT2D eigenvalue weighted by Gasteiger charge is 2.57. The molecule has 2 heterocycles. The van der Waals surface area contributed by atoms with Gasteiger partial charge in [0.05, 0.1) is 11.1 Å². The predicted molar refractivity (Wildman–Crippen MR) is 168 cm³/mol. The zero-order valence-electron chi connectivity index (χ0n) is 23.7. The van der Waals surface area contributed by atoms with Crippen molar-refractivity contribution >= 4 is 6.01 Å². The molecule has 1 N–H and O–H groups in total. The van der Waals surface area contributed by atoms with E-state index in [9.17, 15) is 0 Å². The quantitative estimate of drug-likeness (QED) is 0.228. The van der Waals surface area contributed by atoms with Gasteiger partial charge in [-0.2, -0.15) is 5.10 Å². The second-order valence-corrected chi connectivity index (χ2v) is 11.6. The molecule has 1 aromatic heterocycles. The summed E-state index contributed by atoms with van der Waals surface area (Å²) in [5.74, 6) is 0. The SMILES string of the molecule is C[N+]1=C=[N+](C2(c3cccc(C4(c5ccn[nH]5)c5ccccc5-c5ccccc54)c3)c3ccccc3-c3ccccc32)C=C1. The van der Waals surface area contributed by atoms with Crippen molar-refractivity contribution in [3.63, 3.8) is 0 Å². The van der Waals surface area contributed by atoms with Gasteiger partial charge in [0.15, 0.2) is 7.05 Å². The molecule has 0 spiro atoms. The molecule has 9 rings (SSSR count). The topological polar surface area (TPSA) is 34.7 Å². The van der Waals surface area contributed by atoms with Crippen molar-refractivity contribution in [3.8, 4) is 22.3 Å². The van der Waals surface area contributed by atoms with Crippen LogP contribution in [0.2, 0.25) is 0 Å². The first kappa shape index (κ1) is 24.1. The van der Waals surface area contributed by atoms with Gasteiger partial charge in [0, 0.05) is 22.9 Å². The van der Waals surface area contributed by atoms with Gasteiger partial charge in [0.25, 0.3) is 5.54 Å². The minimum Gasteiger partial charge on any atom is -0.281 e. The van der Waals surface area contributed by atoms with Crippen LogP contribution in [0.1, 0.15) is 39.1 Å². The van der Waals surface area contributed by atoms with Crippen LogP contribution in [0.4, 0.5) is 0 Å². The van der Waals surface area contributed by atoms with Crippen LogP contribution < -0.4 is 0 Å². The smallest absolute Gasteiger partial charge is 0.281 e. The minimum absolute atomic E-state index is 0.552. The lowest BCUT2D eigenvalue weighted by Gasteiger charge is -2.33. The van der Waals surface area contributed by atoms with Crippen molar-refractivity contribution in [2.45, 2.75) is 11.0 Å². The number of nitrogens with one attached hydrogen (secondary N) is 1. The van der Waals surface area contributed by atoms with Crippen molar-refractivity contribution in [2.24, 2.45) is 0 Å². The molecule has 5 aromatic carbocycles. The van der Waals surface area contributed by atoms with Crippen molar-refractivity contribution in [2.75, 3.05) is 7.05 Å². The molecular formula is C39H28N4+2. The van der Waals surface area contributed by atoms with Crippen LogP contribution in [-0.4, -0.2) is 32.4 Å². The molecule has 0 amide bonds. The molecule has 1 aliphatic heterocycles. The van der Waals surface area contributed by atoms with Gasteiger partial charge in [-0.25, -0.2) is 0 Å². The number of hydrogen-bond donors (Lipinski definition) is 1. The van der Waals surface area contributed by atoms with E-state index in [0.29, 0.717) is 0 Å². The van der Waals surface area contributed by atoms with Crippen LogP contribution >= 0.6 is 0 Å². The fourth-order valence-electron chi connectivity index (χ4n) is 7.95. The van der Waals surface area contributed by atoms with E-state index in [2.05, 4.69) is 161 Å². The third-order valence-electron chi connectivity index (χ3n) is 9.56. The van der Waals surface area contributed by atoms with Crippen LogP contribution in [0.5, 0.6) is 0 Å². The number of rotatable bonds is 4. The van der Waals surface area contributed by atoms with E-state index in [1.165, 1.54) is 55.6 Å². The van der Waals surface area contributed by atoms with Gasteiger partial charge in [-0.1, -0.05) is 124 Å². The third kappa shape index (κ3) is 2.98. The Morgan fingerprint density at radius 2 is 1.12 bits per heavy atom. The normalized spacial score (nSPS) is 16.2. The Morgan fingerprint density at radius 1 is 0.581 bits per heavy atom. The van der Waals surface area contributed by atoms with Crippen molar-refractivity contribution in [1.82, 2.24) is 10.2 Å². The summed E-state index contributed by atoms with van der Waals surface area (Å²) in [4.78, 5) is 0. The van der Waals surface area contributed by atoms with E-state index in [-0.39, 0.29) is 0 Å². The standard InChI is InChI=1S/C39H28N4/c1-42-23-24-43(26-42)39(35-19-8-4-15-31(35)32-16-5-9-20-36(32)39)28-12-10-11-27(25-28)38(37-21-22-40-41-37)33-17-6-2-13-29(33)30-14-3-7-18-34(30)38/h2-25H,1H3,(H,40,41)/q+2. The third-order valence-corrected chi connectivity index (χ3v) is 9.56. The highest BCUT2D eigenvalue weighted by Crippen LogP contribution is 2.57. The summed E-state index contributed by atoms with van der Waals surface area (Å²) in [5.41, 5.74) is 12.4. The largest absolute Gasteiger partial charge is 0.490 e. The molecule has 0 atom stereocenters. The molecule has 6 aromatic rings. The van der Waals surface area contributed by atoms with E-state index in [1.54, 1.807) is 0 Å². The Kier molecular flexibility index (Phi) is 4.88. The number of nitrogens with zero attached hydrogens (tertiary/aromatic N) is 3. The average Bonchev–Trinajstić information content (AvgIpc) is 3.85. The fraction of sp³-hybridized carbons (Fsp3) is 0.0769. The van der Waals surface area contributed by atoms with Gasteiger partial charge < -0.3 is 0 Å². The van der Waals surface area contributed by atoms with Crippen LogP contribution in [0.15, 0.2) is 146 Å². The van der Waals surface area contributed by atoms with Gasteiger partial charge >= 0.3 is 6.01 Å². The molecule has 0 saturated carbocycles. The maximum atomic E-state index is 4.47. The number of aromatic amines is 1. The lowest BCUT2D eigenvalue weighted by molar-refractivity contribution is -0.533. The highest BCUT2D eigenvalue weighted by atomic mass is 15.2. The molecular weight excluding hydrogens is 524 g/mol. The van der Waals surface area contributed by atoms with Gasteiger partial charge in [-0.05, 0) is 51.1 Å². The molecule has 0 fully saturated rings. The van der Waals surface area contributed by atoms with E-state index >= 15 is 0 Å². The summed E-state index contributed by atoms with van der Waals surface area (Å²) in [6.45, 7) is 0. The number of hydrogen-bond acceptors (Lipinski definition) is 1. The van der Waals surface area contributed by atoms with E-state index in [1.807, 2.05) is 17.8 Å². The minimum atomic E-state index is -0.600. The van der Waals surface area contributed by atoms with Gasteiger partial charge in [0.1, 0.15) is 0 Å². The Balaban J connectivity index is 1.41. The lowest BCUT2D eigenvalue weighted by atomic mass is 9.68. The number of aromatic nitrogens is 2. The molecule has 0 bridgehead atoms. The maximum absolute atomic E-state index is 4.47. The molecule has 0 unspecified atom stereocenters. The zero-order chi connectivity index (χ0) is 28.6. The van der Waals surface area contributed by atoms with Crippen molar-refractivity contribution in [3.05, 3.63) is 185 Å². The zero-order valence-corrected chi connectivity index (χ0v) is 23.7. The molecule has 43 heavy (non-hydrogen) atoms. The molecule has 4 heteroatoms. The van der Waals surface area contributed by atoms with E-state index in [4.69, 9.17) is 0 Å². The summed E-state index contributed by atoms with van der Waals surface area (Å²) in [7, 11) is 2.03. The first-order valence-electron chi connectivity index (χ1n) is 14.7. The molecule has 3 aliphatic rings. The summed E-state index contributed by atoms with van der Waals surface area (Å²) in [6, 6.07) is 50.2. The van der Waals surface area contributed by atoms with Crippen LogP contribution in [0, 0.1) is 0 Å². The molecule has 202 valence electrons. The van der Waals surface area contributed by atoms with Crippen LogP contribution in [-0.2, 0) is 11.0 Å². The number of fused-ring (bicyclic) bond motifs is 6. The number of benzene rings is 5. The maximum Gasteiger partial charge on any atom is 0.490 e. The fourth-order valence-corrected chi connectivity index (χ4v) is 7.95. The Bertz CT molecular complexity index is 2100. The lowest BCUT2D eigenvalue weighted by Crippen LogP contribution is -2.38. The second kappa shape index (κ2) is 8.72. The molecule has 2 aliphatic carbocycles. The Hall–Kier alpha value is -5.57. The number of H-pyrrole nitrogens is 1. The second-order valence-electron chi connectivity index (χ2n) is 11.6. The average molecular weight is 553 g/mol.